The number of carbonyl (C=O) groups excluding carboxylic acids is 4. The summed E-state index contributed by atoms with van der Waals surface area (Å²) in [5, 5.41) is 6.00. The van der Waals surface area contributed by atoms with Crippen molar-refractivity contribution in [3.8, 4) is 0 Å². The van der Waals surface area contributed by atoms with E-state index in [9.17, 15) is 19.2 Å². The molecule has 10 nitrogen and oxygen atoms in total. The Morgan fingerprint density at radius 3 is 1.20 bits per heavy atom. The van der Waals surface area contributed by atoms with Crippen LogP contribution < -0.4 is 10.6 Å². The molecule has 300 valence electrons. The fraction of sp³-hybridized carbons (Fsp3) is 0.160. The van der Waals surface area contributed by atoms with E-state index in [1.165, 1.54) is 9.80 Å². The highest BCUT2D eigenvalue weighted by Crippen LogP contribution is 2.28. The molecule has 2 aliphatic heterocycles. The predicted molar refractivity (Wildman–Crippen MR) is 231 cm³/mol. The first kappa shape index (κ1) is 39.4. The number of benzene rings is 6. The second-order valence-corrected chi connectivity index (χ2v) is 14.9. The summed E-state index contributed by atoms with van der Waals surface area (Å²) in [5.74, 6) is -0.582. The zero-order valence-corrected chi connectivity index (χ0v) is 32.9. The molecular formula is C50H44N4O6. The van der Waals surface area contributed by atoms with Gasteiger partial charge in [-0.05, 0) is 68.8 Å². The van der Waals surface area contributed by atoms with Crippen molar-refractivity contribution in [1.82, 2.24) is 9.80 Å². The van der Waals surface area contributed by atoms with Crippen LogP contribution in [0.4, 0.5) is 21.0 Å². The topological polar surface area (TPSA) is 117 Å². The molecule has 0 fully saturated rings. The van der Waals surface area contributed by atoms with Gasteiger partial charge in [-0.25, -0.2) is 9.59 Å². The minimum absolute atomic E-state index is 0.118. The van der Waals surface area contributed by atoms with Gasteiger partial charge in [-0.15, -0.1) is 0 Å². The molecule has 6 aromatic carbocycles. The Balaban J connectivity index is 0.871. The number of nitrogens with one attached hydrogen (secondary N) is 2. The first-order chi connectivity index (χ1) is 29.4. The molecule has 8 rings (SSSR count). The fourth-order valence-corrected chi connectivity index (χ4v) is 7.50. The molecule has 2 atom stereocenters. The monoisotopic (exact) mass is 796 g/mol. The third-order valence-electron chi connectivity index (χ3n) is 10.8. The Bertz CT molecular complexity index is 2310. The highest BCUT2D eigenvalue weighted by Gasteiger charge is 2.37. The number of anilines is 2. The molecule has 6 aromatic rings. The Hall–Kier alpha value is -7.46. The maximum absolute atomic E-state index is 13.7. The van der Waals surface area contributed by atoms with Gasteiger partial charge >= 0.3 is 12.2 Å². The standard InChI is InChI=1S/C50H44N4O6/c55-47(45-29-39-15-7-9-17-41(39)31-53(45)49(57)59-33-37-11-3-1-4-12-37)51-43-25-21-35(22-26-43)19-20-36-23-27-44(28-24-36)52-48(56)46-30-40-16-8-10-18-42(40)32-54(46)50(58)60-34-38-13-5-2-6-14-38/h1-28,45-46H,29-34H2,(H,51,55)(H,52,56)/b20-19+/t45-,46?/m0/s1. The molecular weight excluding hydrogens is 753 g/mol. The highest BCUT2D eigenvalue weighted by molar-refractivity contribution is 5.98. The lowest BCUT2D eigenvalue weighted by Crippen LogP contribution is -2.50. The lowest BCUT2D eigenvalue weighted by molar-refractivity contribution is -0.122. The molecule has 0 bridgehead atoms. The molecule has 0 aliphatic carbocycles. The van der Waals surface area contributed by atoms with Crippen molar-refractivity contribution in [2.45, 2.75) is 51.2 Å². The number of amides is 4. The smallest absolute Gasteiger partial charge is 0.411 e. The summed E-state index contributed by atoms with van der Waals surface area (Å²) in [5.41, 5.74) is 8.83. The van der Waals surface area contributed by atoms with Crippen LogP contribution in [0.5, 0.6) is 0 Å². The molecule has 2 aliphatic rings. The largest absolute Gasteiger partial charge is 0.445 e. The molecule has 60 heavy (non-hydrogen) atoms. The first-order valence-corrected chi connectivity index (χ1v) is 19.9. The Morgan fingerprint density at radius 2 is 0.817 bits per heavy atom. The summed E-state index contributed by atoms with van der Waals surface area (Å²) in [6.45, 7) is 0.789. The summed E-state index contributed by atoms with van der Waals surface area (Å²) in [6.07, 6.45) is 3.60. The van der Waals surface area contributed by atoms with E-state index in [1.807, 2.05) is 170 Å². The van der Waals surface area contributed by atoms with Gasteiger partial charge in [-0.3, -0.25) is 19.4 Å². The van der Waals surface area contributed by atoms with Crippen LogP contribution in [-0.2, 0) is 58.2 Å². The number of carbonyl (C=O) groups is 4. The van der Waals surface area contributed by atoms with Gasteiger partial charge < -0.3 is 20.1 Å². The molecule has 2 heterocycles. The third kappa shape index (κ3) is 9.62. The van der Waals surface area contributed by atoms with Crippen LogP contribution in [0.15, 0.2) is 158 Å². The highest BCUT2D eigenvalue weighted by atomic mass is 16.6. The number of fused-ring (bicyclic) bond motifs is 2. The molecule has 0 saturated carbocycles. The maximum atomic E-state index is 13.7. The average molecular weight is 797 g/mol. The summed E-state index contributed by atoms with van der Waals surface area (Å²) < 4.78 is 11.3. The molecule has 0 saturated heterocycles. The van der Waals surface area contributed by atoms with Crippen LogP contribution in [0.2, 0.25) is 0 Å². The molecule has 0 radical (unpaired) electrons. The number of nitrogens with zero attached hydrogens (tertiary/aromatic N) is 2. The van der Waals surface area contributed by atoms with Gasteiger partial charge in [0.05, 0.1) is 13.1 Å². The van der Waals surface area contributed by atoms with E-state index in [4.69, 9.17) is 9.47 Å². The van der Waals surface area contributed by atoms with E-state index >= 15 is 0 Å². The van der Waals surface area contributed by atoms with Crippen molar-refractivity contribution in [2.24, 2.45) is 0 Å². The van der Waals surface area contributed by atoms with Gasteiger partial charge in [-0.2, -0.15) is 0 Å². The van der Waals surface area contributed by atoms with E-state index in [-0.39, 0.29) is 38.1 Å². The third-order valence-corrected chi connectivity index (χ3v) is 10.8. The van der Waals surface area contributed by atoms with Crippen molar-refractivity contribution in [1.29, 1.82) is 0 Å². The second kappa shape index (κ2) is 18.4. The SMILES string of the molecule is O=C(Nc1ccc(/C=C/c2ccc(NC(=O)[C@@H]3Cc4ccccc4CN3C(=O)OCc3ccccc3)cc2)cc1)C1Cc2ccccc2CN1C(=O)OCc1ccccc1. The van der Waals surface area contributed by atoms with E-state index in [2.05, 4.69) is 10.6 Å². The summed E-state index contributed by atoms with van der Waals surface area (Å²) in [6, 6.07) is 48.0. The molecule has 1 unspecified atom stereocenters. The summed E-state index contributed by atoms with van der Waals surface area (Å²) in [7, 11) is 0. The van der Waals surface area contributed by atoms with Crippen LogP contribution in [-0.4, -0.2) is 45.9 Å². The molecule has 4 amide bonds. The van der Waals surface area contributed by atoms with Gasteiger partial charge in [0.25, 0.3) is 0 Å². The van der Waals surface area contributed by atoms with Crippen molar-refractivity contribution >= 4 is 47.5 Å². The number of hydrogen-bond acceptors (Lipinski definition) is 6. The lowest BCUT2D eigenvalue weighted by atomic mass is 9.93. The molecule has 2 N–H and O–H groups in total. The molecule has 10 heteroatoms. The van der Waals surface area contributed by atoms with Crippen LogP contribution in [0.25, 0.3) is 12.2 Å². The first-order valence-electron chi connectivity index (χ1n) is 19.9. The molecule has 0 aromatic heterocycles. The van der Waals surface area contributed by atoms with Crippen molar-refractivity contribution < 1.29 is 28.7 Å². The zero-order chi connectivity index (χ0) is 41.3. The second-order valence-electron chi connectivity index (χ2n) is 14.9. The van der Waals surface area contributed by atoms with Gasteiger partial charge in [0.2, 0.25) is 11.8 Å². The Labute approximate surface area is 349 Å². The van der Waals surface area contributed by atoms with Gasteiger partial charge in [0.1, 0.15) is 25.3 Å². The zero-order valence-electron chi connectivity index (χ0n) is 32.9. The molecule has 0 spiro atoms. The Morgan fingerprint density at radius 1 is 0.467 bits per heavy atom. The summed E-state index contributed by atoms with van der Waals surface area (Å²) >= 11 is 0. The van der Waals surface area contributed by atoms with Gasteiger partial charge in [-0.1, -0.05) is 146 Å². The van der Waals surface area contributed by atoms with Crippen LogP contribution in [0, 0.1) is 0 Å². The van der Waals surface area contributed by atoms with Crippen LogP contribution in [0.1, 0.15) is 44.5 Å². The minimum atomic E-state index is -0.741. The van der Waals surface area contributed by atoms with E-state index < -0.39 is 24.3 Å². The number of ether oxygens (including phenoxy) is 2. The normalized spacial score (nSPS) is 15.7. The van der Waals surface area contributed by atoms with Crippen LogP contribution in [0.3, 0.4) is 0 Å². The number of hydrogen-bond donors (Lipinski definition) is 2. The van der Waals surface area contributed by atoms with Crippen LogP contribution >= 0.6 is 0 Å². The fourth-order valence-electron chi connectivity index (χ4n) is 7.50. The van der Waals surface area contributed by atoms with E-state index in [1.54, 1.807) is 0 Å². The summed E-state index contributed by atoms with van der Waals surface area (Å²) in [4.78, 5) is 57.0. The maximum Gasteiger partial charge on any atom is 0.411 e. The predicted octanol–water partition coefficient (Wildman–Crippen LogP) is 9.26. The van der Waals surface area contributed by atoms with Gasteiger partial charge in [0.15, 0.2) is 0 Å². The van der Waals surface area contributed by atoms with E-state index in [0.717, 1.165) is 44.5 Å². The Kier molecular flexibility index (Phi) is 12.1. The van der Waals surface area contributed by atoms with Crippen molar-refractivity contribution in [2.75, 3.05) is 10.6 Å². The quantitative estimate of drug-likeness (QED) is 0.134. The average Bonchev–Trinajstić information content (AvgIpc) is 3.30. The van der Waals surface area contributed by atoms with Gasteiger partial charge in [0, 0.05) is 24.2 Å². The van der Waals surface area contributed by atoms with Crippen molar-refractivity contribution in [3.63, 3.8) is 0 Å². The van der Waals surface area contributed by atoms with E-state index in [0.29, 0.717) is 24.2 Å². The lowest BCUT2D eigenvalue weighted by Gasteiger charge is -2.35. The number of rotatable bonds is 10. The van der Waals surface area contributed by atoms with Crippen molar-refractivity contribution in [3.05, 3.63) is 202 Å². The minimum Gasteiger partial charge on any atom is -0.445 e.